The zero-order valence-electron chi connectivity index (χ0n) is 15.6. The van der Waals surface area contributed by atoms with Crippen LogP contribution in [0.1, 0.15) is 28.9 Å². The van der Waals surface area contributed by atoms with Crippen molar-refractivity contribution in [3.05, 3.63) is 60.0 Å². The standard InChI is InChI=1S/C21H21N3O4/c1-14-6-8-16(9-7-14)22-20(25)15-4-2-10-24(13-15)21(26)17-12-19(28-23-17)18-5-3-11-27-18/h3,5-9,11-12,15H,2,4,10,13H2,1H3,(H,22,25). The van der Waals surface area contributed by atoms with Gasteiger partial charge in [0.2, 0.25) is 11.7 Å². The minimum Gasteiger partial charge on any atom is -0.461 e. The molecule has 4 rings (SSSR count). The first-order chi connectivity index (χ1) is 13.6. The van der Waals surface area contributed by atoms with Crippen molar-refractivity contribution >= 4 is 17.5 Å². The normalized spacial score (nSPS) is 16.8. The largest absolute Gasteiger partial charge is 0.461 e. The zero-order valence-corrected chi connectivity index (χ0v) is 15.6. The number of benzene rings is 1. The van der Waals surface area contributed by atoms with E-state index < -0.39 is 0 Å². The molecule has 1 fully saturated rings. The molecule has 2 amide bonds. The molecule has 1 atom stereocenters. The van der Waals surface area contributed by atoms with Gasteiger partial charge in [-0.05, 0) is 44.0 Å². The van der Waals surface area contributed by atoms with Crippen molar-refractivity contribution in [1.82, 2.24) is 10.1 Å². The molecule has 0 radical (unpaired) electrons. The molecule has 0 aliphatic carbocycles. The molecule has 3 aromatic rings. The quantitative estimate of drug-likeness (QED) is 0.746. The van der Waals surface area contributed by atoms with E-state index in [2.05, 4.69) is 10.5 Å². The number of amides is 2. The molecule has 0 bridgehead atoms. The molecular formula is C21H21N3O4. The summed E-state index contributed by atoms with van der Waals surface area (Å²) in [7, 11) is 0. The van der Waals surface area contributed by atoms with Gasteiger partial charge in [0.05, 0.1) is 12.2 Å². The molecule has 28 heavy (non-hydrogen) atoms. The number of aromatic nitrogens is 1. The van der Waals surface area contributed by atoms with E-state index in [1.807, 2.05) is 31.2 Å². The average molecular weight is 379 g/mol. The molecule has 7 heteroatoms. The Balaban J connectivity index is 1.41. The Morgan fingerprint density at radius 1 is 1.18 bits per heavy atom. The number of likely N-dealkylation sites (tertiary alicyclic amines) is 1. The second-order valence-corrected chi connectivity index (χ2v) is 7.00. The van der Waals surface area contributed by atoms with Crippen LogP contribution in [0.15, 0.2) is 57.7 Å². The molecule has 1 N–H and O–H groups in total. The molecule has 7 nitrogen and oxygen atoms in total. The van der Waals surface area contributed by atoms with Gasteiger partial charge in [0.1, 0.15) is 0 Å². The summed E-state index contributed by atoms with van der Waals surface area (Å²) < 4.78 is 10.5. The Labute approximate surface area is 162 Å². The number of aryl methyl sites for hydroxylation is 1. The lowest BCUT2D eigenvalue weighted by Gasteiger charge is -2.31. The highest BCUT2D eigenvalue weighted by Crippen LogP contribution is 2.24. The molecule has 1 unspecified atom stereocenters. The monoisotopic (exact) mass is 379 g/mol. The van der Waals surface area contributed by atoms with Crippen LogP contribution in [0, 0.1) is 12.8 Å². The number of piperidine rings is 1. The highest BCUT2D eigenvalue weighted by Gasteiger charge is 2.30. The highest BCUT2D eigenvalue weighted by atomic mass is 16.5. The van der Waals surface area contributed by atoms with Crippen molar-refractivity contribution in [3.8, 4) is 11.5 Å². The number of hydrogen-bond donors (Lipinski definition) is 1. The summed E-state index contributed by atoms with van der Waals surface area (Å²) in [5, 5.41) is 6.80. The van der Waals surface area contributed by atoms with Crippen LogP contribution in [0.5, 0.6) is 0 Å². The Kier molecular flexibility index (Phi) is 4.97. The number of nitrogens with one attached hydrogen (secondary N) is 1. The van der Waals surface area contributed by atoms with E-state index in [0.29, 0.717) is 24.6 Å². The van der Waals surface area contributed by atoms with Gasteiger partial charge in [-0.3, -0.25) is 9.59 Å². The van der Waals surface area contributed by atoms with Crippen LogP contribution in [0.25, 0.3) is 11.5 Å². The molecule has 3 heterocycles. The van der Waals surface area contributed by atoms with Crippen LogP contribution in [0.4, 0.5) is 5.69 Å². The number of nitrogens with zero attached hydrogens (tertiary/aromatic N) is 2. The molecule has 1 aromatic carbocycles. The number of carbonyl (C=O) groups is 2. The average Bonchev–Trinajstić information content (AvgIpc) is 3.41. The smallest absolute Gasteiger partial charge is 0.276 e. The molecule has 0 saturated carbocycles. The Morgan fingerprint density at radius 2 is 2.00 bits per heavy atom. The van der Waals surface area contributed by atoms with E-state index in [0.717, 1.165) is 24.1 Å². The van der Waals surface area contributed by atoms with E-state index in [4.69, 9.17) is 8.94 Å². The van der Waals surface area contributed by atoms with Gasteiger partial charge in [0.15, 0.2) is 11.5 Å². The van der Waals surface area contributed by atoms with Crippen LogP contribution < -0.4 is 5.32 Å². The van der Waals surface area contributed by atoms with Gasteiger partial charge < -0.3 is 19.2 Å². The summed E-state index contributed by atoms with van der Waals surface area (Å²) in [4.78, 5) is 27.1. The summed E-state index contributed by atoms with van der Waals surface area (Å²) in [5.41, 5.74) is 2.11. The van der Waals surface area contributed by atoms with Crippen molar-refractivity contribution in [2.24, 2.45) is 5.92 Å². The maximum atomic E-state index is 12.8. The first kappa shape index (κ1) is 18.0. The number of anilines is 1. The summed E-state index contributed by atoms with van der Waals surface area (Å²) in [6.07, 6.45) is 3.04. The fourth-order valence-corrected chi connectivity index (χ4v) is 3.33. The van der Waals surface area contributed by atoms with Crippen LogP contribution in [0.2, 0.25) is 0 Å². The fraction of sp³-hybridized carbons (Fsp3) is 0.286. The Hall–Kier alpha value is -3.35. The third-order valence-corrected chi connectivity index (χ3v) is 4.89. The zero-order chi connectivity index (χ0) is 19.5. The maximum Gasteiger partial charge on any atom is 0.276 e. The minimum absolute atomic E-state index is 0.0715. The Morgan fingerprint density at radius 3 is 2.75 bits per heavy atom. The van der Waals surface area contributed by atoms with Gasteiger partial charge in [-0.2, -0.15) is 0 Å². The number of rotatable bonds is 4. The van der Waals surface area contributed by atoms with Gasteiger partial charge in [0, 0.05) is 24.8 Å². The van der Waals surface area contributed by atoms with E-state index in [9.17, 15) is 9.59 Å². The number of carbonyl (C=O) groups excluding carboxylic acids is 2. The minimum atomic E-state index is -0.254. The maximum absolute atomic E-state index is 12.8. The second kappa shape index (κ2) is 7.72. The summed E-state index contributed by atoms with van der Waals surface area (Å²) >= 11 is 0. The van der Waals surface area contributed by atoms with Gasteiger partial charge >= 0.3 is 0 Å². The van der Waals surface area contributed by atoms with E-state index in [-0.39, 0.29) is 23.4 Å². The lowest BCUT2D eigenvalue weighted by atomic mass is 9.96. The van der Waals surface area contributed by atoms with Crippen LogP contribution >= 0.6 is 0 Å². The topological polar surface area (TPSA) is 88.6 Å². The molecule has 144 valence electrons. The molecule has 1 saturated heterocycles. The Bertz CT molecular complexity index is 960. The third-order valence-electron chi connectivity index (χ3n) is 4.89. The van der Waals surface area contributed by atoms with E-state index >= 15 is 0 Å². The van der Waals surface area contributed by atoms with Crippen molar-refractivity contribution in [2.75, 3.05) is 18.4 Å². The fourth-order valence-electron chi connectivity index (χ4n) is 3.33. The van der Waals surface area contributed by atoms with Crippen LogP contribution in [-0.4, -0.2) is 35.0 Å². The van der Waals surface area contributed by atoms with Gasteiger partial charge in [0.25, 0.3) is 5.91 Å². The summed E-state index contributed by atoms with van der Waals surface area (Å²) in [6.45, 7) is 2.95. The van der Waals surface area contributed by atoms with E-state index in [1.54, 1.807) is 23.1 Å². The second-order valence-electron chi connectivity index (χ2n) is 7.00. The van der Waals surface area contributed by atoms with Crippen molar-refractivity contribution in [2.45, 2.75) is 19.8 Å². The molecule has 1 aliphatic rings. The molecule has 0 spiro atoms. The SMILES string of the molecule is Cc1ccc(NC(=O)C2CCCN(C(=O)c3cc(-c4ccco4)on3)C2)cc1. The predicted octanol–water partition coefficient (Wildman–Crippen LogP) is 3.73. The van der Waals surface area contributed by atoms with E-state index in [1.165, 1.54) is 6.26 Å². The van der Waals surface area contributed by atoms with Crippen LogP contribution in [-0.2, 0) is 4.79 Å². The van der Waals surface area contributed by atoms with Crippen LogP contribution in [0.3, 0.4) is 0 Å². The summed E-state index contributed by atoms with van der Waals surface area (Å²) in [6, 6.07) is 12.7. The molecular weight excluding hydrogens is 358 g/mol. The molecule has 1 aliphatic heterocycles. The lowest BCUT2D eigenvalue weighted by Crippen LogP contribution is -2.43. The number of furan rings is 1. The first-order valence-electron chi connectivity index (χ1n) is 9.27. The lowest BCUT2D eigenvalue weighted by molar-refractivity contribution is -0.121. The third kappa shape index (κ3) is 3.83. The van der Waals surface area contributed by atoms with Crippen molar-refractivity contribution in [3.63, 3.8) is 0 Å². The van der Waals surface area contributed by atoms with Crippen molar-refractivity contribution < 1.29 is 18.5 Å². The molecule has 2 aromatic heterocycles. The van der Waals surface area contributed by atoms with Gasteiger partial charge in [-0.15, -0.1) is 0 Å². The first-order valence-corrected chi connectivity index (χ1v) is 9.27. The summed E-state index contributed by atoms with van der Waals surface area (Å²) in [5.74, 6) is 0.349. The predicted molar refractivity (Wildman–Crippen MR) is 103 cm³/mol. The van der Waals surface area contributed by atoms with Gasteiger partial charge in [-0.1, -0.05) is 22.9 Å². The van der Waals surface area contributed by atoms with Crippen molar-refractivity contribution in [1.29, 1.82) is 0 Å². The highest BCUT2D eigenvalue weighted by molar-refractivity contribution is 5.95. The number of hydrogen-bond acceptors (Lipinski definition) is 5. The van der Waals surface area contributed by atoms with Gasteiger partial charge in [-0.25, -0.2) is 0 Å².